The highest BCUT2D eigenvalue weighted by Gasteiger charge is 2.29. The third kappa shape index (κ3) is 2.73. The number of hydrogen-bond donors (Lipinski definition) is 2. The number of aliphatic hydroxyl groups is 1. The van der Waals surface area contributed by atoms with Crippen molar-refractivity contribution in [2.24, 2.45) is 0 Å². The fourth-order valence-electron chi connectivity index (χ4n) is 2.95. The molecular formula is C14H20N2O4S. The summed E-state index contributed by atoms with van der Waals surface area (Å²) in [5, 5.41) is 9.42. The number of nitrogens with zero attached hydrogens (tertiary/aromatic N) is 1. The number of fused-ring (bicyclic) bond motifs is 1. The third-order valence-corrected chi connectivity index (χ3v) is 5.61. The van der Waals surface area contributed by atoms with Crippen LogP contribution in [0.2, 0.25) is 0 Å². The Morgan fingerprint density at radius 3 is 3.05 bits per heavy atom. The Hall–Kier alpha value is -1.31. The van der Waals surface area contributed by atoms with E-state index in [-0.39, 0.29) is 23.6 Å². The van der Waals surface area contributed by atoms with E-state index in [1.165, 1.54) is 0 Å². The Balaban J connectivity index is 1.98. The number of ether oxygens (including phenoxy) is 1. The lowest BCUT2D eigenvalue weighted by Crippen LogP contribution is -2.34. The van der Waals surface area contributed by atoms with Gasteiger partial charge in [-0.25, -0.2) is 13.1 Å². The number of sulfonamides is 1. The second-order valence-electron chi connectivity index (χ2n) is 5.64. The standard InChI is InChI=1S/C14H20N2O4S/c1-10-9-20-13-7-11(16-6-2-3-12(16)8-17)4-5-14(13)21(18,19)15-10/h4-5,7,10,12,15,17H,2-3,6,8-9H2,1H3/t10-,12-/m1/s1. The second-order valence-corrected chi connectivity index (χ2v) is 7.32. The monoisotopic (exact) mass is 312 g/mol. The van der Waals surface area contributed by atoms with Crippen LogP contribution in [0.1, 0.15) is 19.8 Å². The molecule has 2 heterocycles. The zero-order chi connectivity index (χ0) is 15.0. The molecule has 21 heavy (non-hydrogen) atoms. The van der Waals surface area contributed by atoms with E-state index in [1.807, 2.05) is 0 Å². The molecule has 116 valence electrons. The van der Waals surface area contributed by atoms with E-state index in [0.717, 1.165) is 25.1 Å². The van der Waals surface area contributed by atoms with Crippen molar-refractivity contribution in [2.75, 3.05) is 24.7 Å². The number of nitrogens with one attached hydrogen (secondary N) is 1. The summed E-state index contributed by atoms with van der Waals surface area (Å²) in [6, 6.07) is 4.97. The first-order chi connectivity index (χ1) is 10.0. The maximum absolute atomic E-state index is 12.2. The van der Waals surface area contributed by atoms with E-state index >= 15 is 0 Å². The summed E-state index contributed by atoms with van der Waals surface area (Å²) >= 11 is 0. The Labute approximate surface area is 124 Å². The molecular weight excluding hydrogens is 292 g/mol. The molecule has 0 amide bonds. The maximum Gasteiger partial charge on any atom is 0.244 e. The van der Waals surface area contributed by atoms with Crippen molar-refractivity contribution in [1.82, 2.24) is 4.72 Å². The van der Waals surface area contributed by atoms with Gasteiger partial charge in [-0.15, -0.1) is 0 Å². The van der Waals surface area contributed by atoms with Gasteiger partial charge >= 0.3 is 0 Å². The number of anilines is 1. The summed E-state index contributed by atoms with van der Waals surface area (Å²) in [6.45, 7) is 3.05. The van der Waals surface area contributed by atoms with Crippen LogP contribution in [0.15, 0.2) is 23.1 Å². The first-order valence-electron chi connectivity index (χ1n) is 7.18. The lowest BCUT2D eigenvalue weighted by Gasteiger charge is -2.26. The van der Waals surface area contributed by atoms with Crippen LogP contribution in [-0.4, -0.2) is 45.4 Å². The van der Waals surface area contributed by atoms with Crippen molar-refractivity contribution >= 4 is 15.7 Å². The predicted octanol–water partition coefficient (Wildman–Crippen LogP) is 0.707. The van der Waals surface area contributed by atoms with Gasteiger partial charge in [-0.2, -0.15) is 0 Å². The second kappa shape index (κ2) is 5.47. The Morgan fingerprint density at radius 2 is 2.29 bits per heavy atom. The largest absolute Gasteiger partial charge is 0.490 e. The average molecular weight is 312 g/mol. The number of rotatable bonds is 2. The lowest BCUT2D eigenvalue weighted by atomic mass is 10.2. The molecule has 2 aliphatic rings. The van der Waals surface area contributed by atoms with Gasteiger partial charge < -0.3 is 14.7 Å². The molecule has 0 spiro atoms. The van der Waals surface area contributed by atoms with Gasteiger partial charge in [-0.05, 0) is 31.9 Å². The topological polar surface area (TPSA) is 78.9 Å². The molecule has 0 bridgehead atoms. The summed E-state index contributed by atoms with van der Waals surface area (Å²) in [4.78, 5) is 2.29. The molecule has 6 nitrogen and oxygen atoms in total. The van der Waals surface area contributed by atoms with E-state index in [1.54, 1.807) is 25.1 Å². The molecule has 1 fully saturated rings. The highest BCUT2D eigenvalue weighted by atomic mass is 32.2. The van der Waals surface area contributed by atoms with Gasteiger partial charge in [0.2, 0.25) is 10.0 Å². The fraction of sp³-hybridized carbons (Fsp3) is 0.571. The summed E-state index contributed by atoms with van der Waals surface area (Å²) in [7, 11) is -3.53. The van der Waals surface area contributed by atoms with Crippen molar-refractivity contribution < 1.29 is 18.3 Å². The quantitative estimate of drug-likeness (QED) is 0.841. The maximum atomic E-state index is 12.2. The summed E-state index contributed by atoms with van der Waals surface area (Å²) in [6.07, 6.45) is 1.98. The molecule has 2 aliphatic heterocycles. The summed E-state index contributed by atoms with van der Waals surface area (Å²) < 4.78 is 32.6. The molecule has 0 aromatic heterocycles. The van der Waals surface area contributed by atoms with Crippen LogP contribution in [0.5, 0.6) is 5.75 Å². The lowest BCUT2D eigenvalue weighted by molar-refractivity contribution is 0.266. The van der Waals surface area contributed by atoms with E-state index < -0.39 is 10.0 Å². The summed E-state index contributed by atoms with van der Waals surface area (Å²) in [5.74, 6) is 0.382. The van der Waals surface area contributed by atoms with Gasteiger partial charge in [0.05, 0.1) is 18.7 Å². The molecule has 0 saturated carbocycles. The fourth-order valence-corrected chi connectivity index (χ4v) is 4.31. The van der Waals surface area contributed by atoms with Gasteiger partial charge in [-0.1, -0.05) is 0 Å². The molecule has 1 saturated heterocycles. The minimum Gasteiger partial charge on any atom is -0.490 e. The number of aliphatic hydroxyl groups excluding tert-OH is 1. The van der Waals surface area contributed by atoms with E-state index in [4.69, 9.17) is 4.74 Å². The van der Waals surface area contributed by atoms with Crippen molar-refractivity contribution in [3.05, 3.63) is 18.2 Å². The van der Waals surface area contributed by atoms with E-state index in [9.17, 15) is 13.5 Å². The van der Waals surface area contributed by atoms with Crippen LogP contribution in [0.4, 0.5) is 5.69 Å². The van der Waals surface area contributed by atoms with Crippen LogP contribution in [0.25, 0.3) is 0 Å². The van der Waals surface area contributed by atoms with Gasteiger partial charge in [0.25, 0.3) is 0 Å². The van der Waals surface area contributed by atoms with Crippen molar-refractivity contribution in [2.45, 2.75) is 36.7 Å². The summed E-state index contributed by atoms with van der Waals surface area (Å²) in [5.41, 5.74) is 0.898. The minimum atomic E-state index is -3.53. The number of benzene rings is 1. The molecule has 1 aromatic rings. The van der Waals surface area contributed by atoms with Crippen LogP contribution in [0, 0.1) is 0 Å². The number of hydrogen-bond acceptors (Lipinski definition) is 5. The van der Waals surface area contributed by atoms with Crippen LogP contribution < -0.4 is 14.4 Å². The molecule has 0 radical (unpaired) electrons. The molecule has 2 N–H and O–H groups in total. The smallest absolute Gasteiger partial charge is 0.244 e. The Morgan fingerprint density at radius 1 is 1.48 bits per heavy atom. The van der Waals surface area contributed by atoms with E-state index in [0.29, 0.717) is 12.4 Å². The van der Waals surface area contributed by atoms with E-state index in [2.05, 4.69) is 9.62 Å². The molecule has 1 aromatic carbocycles. The SMILES string of the molecule is C[C@@H]1COc2cc(N3CCC[C@@H]3CO)ccc2S(=O)(=O)N1. The van der Waals surface area contributed by atoms with Crippen LogP contribution in [-0.2, 0) is 10.0 Å². The van der Waals surface area contributed by atoms with Gasteiger partial charge in [0, 0.05) is 18.3 Å². The zero-order valence-electron chi connectivity index (χ0n) is 11.9. The van der Waals surface area contributed by atoms with Crippen molar-refractivity contribution in [3.63, 3.8) is 0 Å². The average Bonchev–Trinajstić information content (AvgIpc) is 2.88. The highest BCUT2D eigenvalue weighted by molar-refractivity contribution is 7.89. The molecule has 3 rings (SSSR count). The third-order valence-electron chi connectivity index (χ3n) is 3.98. The highest BCUT2D eigenvalue weighted by Crippen LogP contribution is 2.33. The van der Waals surface area contributed by atoms with Gasteiger partial charge in [-0.3, -0.25) is 0 Å². The first kappa shape index (κ1) is 14.6. The van der Waals surface area contributed by atoms with Crippen LogP contribution in [0.3, 0.4) is 0 Å². The van der Waals surface area contributed by atoms with Gasteiger partial charge in [0.1, 0.15) is 17.3 Å². The normalized spacial score (nSPS) is 27.8. The zero-order valence-corrected chi connectivity index (χ0v) is 12.8. The van der Waals surface area contributed by atoms with Gasteiger partial charge in [0.15, 0.2) is 0 Å². The molecule has 0 aliphatic carbocycles. The molecule has 2 atom stereocenters. The van der Waals surface area contributed by atoms with Crippen molar-refractivity contribution in [1.29, 1.82) is 0 Å². The first-order valence-corrected chi connectivity index (χ1v) is 8.66. The van der Waals surface area contributed by atoms with Crippen LogP contribution >= 0.6 is 0 Å². The Kier molecular flexibility index (Phi) is 3.81. The molecule has 7 heteroatoms. The Bertz CT molecular complexity index is 632. The molecule has 0 unspecified atom stereocenters. The predicted molar refractivity (Wildman–Crippen MR) is 79.2 cm³/mol. The minimum absolute atomic E-state index is 0.0995. The van der Waals surface area contributed by atoms with Crippen molar-refractivity contribution in [3.8, 4) is 5.75 Å².